The number of rotatable bonds is 1. The third kappa shape index (κ3) is 2.41. The summed E-state index contributed by atoms with van der Waals surface area (Å²) in [7, 11) is 0. The molecule has 0 nitrogen and oxygen atoms in total. The van der Waals surface area contributed by atoms with E-state index in [1.54, 1.807) is 0 Å². The minimum absolute atomic E-state index is 0.586. The van der Waals surface area contributed by atoms with Crippen LogP contribution in [-0.4, -0.2) is 0 Å². The Balaban J connectivity index is 4.00. The van der Waals surface area contributed by atoms with Crippen LogP contribution in [0, 0.1) is 5.92 Å². The summed E-state index contributed by atoms with van der Waals surface area (Å²) in [6.07, 6.45) is 0. The molecule has 8 heavy (non-hydrogen) atoms. The molecule has 0 radical (unpaired) electrons. The molecule has 0 aliphatic carbocycles. The van der Waals surface area contributed by atoms with Crippen molar-refractivity contribution in [3.8, 4) is 0 Å². The molecule has 0 heterocycles. The van der Waals surface area contributed by atoms with Gasteiger partial charge in [0.05, 0.1) is 0 Å². The number of allylic oxidation sites excluding steroid dienone is 2. The maximum absolute atomic E-state index is 4.30. The molecule has 0 unspecified atom stereocenters. The minimum Gasteiger partial charge on any atom is -0.148 e. The molecule has 1 heteroatoms. The summed E-state index contributed by atoms with van der Waals surface area (Å²) in [4.78, 5) is 1.21. The van der Waals surface area contributed by atoms with E-state index in [0.29, 0.717) is 5.92 Å². The second-order valence-corrected chi connectivity index (χ2v) is 3.02. The van der Waals surface area contributed by atoms with Crippen LogP contribution in [-0.2, 0) is 0 Å². The normalized spacial score (nSPS) is 9.75. The Labute approximate surface area is 57.4 Å². The highest BCUT2D eigenvalue weighted by Crippen LogP contribution is 2.17. The van der Waals surface area contributed by atoms with Gasteiger partial charge in [-0.1, -0.05) is 19.4 Å². The van der Waals surface area contributed by atoms with Gasteiger partial charge in [0.2, 0.25) is 0 Å². The highest BCUT2D eigenvalue weighted by Gasteiger charge is 1.96. The molecule has 0 aromatic heterocycles. The summed E-state index contributed by atoms with van der Waals surface area (Å²) in [5.74, 6) is 0.586. The zero-order chi connectivity index (χ0) is 6.73. The largest absolute Gasteiger partial charge is 0.148 e. The van der Waals surface area contributed by atoms with Gasteiger partial charge >= 0.3 is 0 Å². The van der Waals surface area contributed by atoms with Gasteiger partial charge in [-0.3, -0.25) is 0 Å². The first-order chi connectivity index (χ1) is 3.55. The van der Waals surface area contributed by atoms with Crippen LogP contribution in [0.1, 0.15) is 27.7 Å². The van der Waals surface area contributed by atoms with Gasteiger partial charge < -0.3 is 0 Å². The summed E-state index contributed by atoms with van der Waals surface area (Å²) >= 11 is 4.30. The maximum atomic E-state index is 4.30. The van der Waals surface area contributed by atoms with Gasteiger partial charge in [0, 0.05) is 0 Å². The fourth-order valence-corrected chi connectivity index (χ4v) is 0.577. The Hall–Kier alpha value is 0.0900. The number of thiol groups is 1. The lowest BCUT2D eigenvalue weighted by Gasteiger charge is -2.04. The van der Waals surface area contributed by atoms with Gasteiger partial charge in [-0.05, 0) is 24.7 Å². The first kappa shape index (κ1) is 8.09. The van der Waals surface area contributed by atoms with Crippen LogP contribution in [0.5, 0.6) is 0 Å². The molecule has 0 aromatic rings. The molecule has 0 atom stereocenters. The smallest absolute Gasteiger partial charge is 0.0162 e. The molecular weight excluding hydrogens is 116 g/mol. The first-order valence-electron chi connectivity index (χ1n) is 2.92. The molecule has 0 N–H and O–H groups in total. The fraction of sp³-hybridized carbons (Fsp3) is 0.714. The van der Waals surface area contributed by atoms with Crippen molar-refractivity contribution in [2.45, 2.75) is 27.7 Å². The van der Waals surface area contributed by atoms with Crippen molar-refractivity contribution in [2.24, 2.45) is 5.92 Å². The van der Waals surface area contributed by atoms with Gasteiger partial charge in [-0.25, -0.2) is 0 Å². The fourth-order valence-electron chi connectivity index (χ4n) is 0.577. The summed E-state index contributed by atoms with van der Waals surface area (Å²) < 4.78 is 0. The summed E-state index contributed by atoms with van der Waals surface area (Å²) in [6.45, 7) is 8.47. The first-order valence-corrected chi connectivity index (χ1v) is 3.36. The van der Waals surface area contributed by atoms with Gasteiger partial charge in [0.1, 0.15) is 0 Å². The lowest BCUT2D eigenvalue weighted by atomic mass is 10.1. The number of hydrogen-bond donors (Lipinski definition) is 1. The van der Waals surface area contributed by atoms with E-state index in [4.69, 9.17) is 0 Å². The highest BCUT2D eigenvalue weighted by atomic mass is 32.1. The predicted octanol–water partition coefficient (Wildman–Crippen LogP) is 2.87. The lowest BCUT2D eigenvalue weighted by molar-refractivity contribution is 0.807. The van der Waals surface area contributed by atoms with Gasteiger partial charge in [-0.15, -0.1) is 12.6 Å². The number of hydrogen-bond acceptors (Lipinski definition) is 1. The quantitative estimate of drug-likeness (QED) is 0.518. The predicted molar refractivity (Wildman–Crippen MR) is 42.2 cm³/mol. The average Bonchev–Trinajstić information content (AvgIpc) is 1.64. The maximum Gasteiger partial charge on any atom is -0.0162 e. The van der Waals surface area contributed by atoms with E-state index in [-0.39, 0.29) is 0 Å². The lowest BCUT2D eigenvalue weighted by Crippen LogP contribution is -1.87. The third-order valence-electron chi connectivity index (χ3n) is 1.06. The molecule has 0 amide bonds. The van der Waals surface area contributed by atoms with E-state index in [2.05, 4.69) is 40.3 Å². The molecule has 0 saturated carbocycles. The van der Waals surface area contributed by atoms with Crippen LogP contribution in [0.3, 0.4) is 0 Å². The van der Waals surface area contributed by atoms with Crippen molar-refractivity contribution in [1.82, 2.24) is 0 Å². The second-order valence-electron chi connectivity index (χ2n) is 2.54. The van der Waals surface area contributed by atoms with E-state index >= 15 is 0 Å². The molecule has 0 aliphatic heterocycles. The Kier molecular flexibility index (Phi) is 3.22. The summed E-state index contributed by atoms with van der Waals surface area (Å²) in [5, 5.41) is 0. The molecule has 0 aromatic carbocycles. The monoisotopic (exact) mass is 130 g/mol. The van der Waals surface area contributed by atoms with Crippen molar-refractivity contribution >= 4 is 12.6 Å². The molecule has 0 aliphatic rings. The van der Waals surface area contributed by atoms with E-state index in [0.717, 1.165) is 0 Å². The molecular formula is C7H14S. The Morgan fingerprint density at radius 2 is 1.62 bits per heavy atom. The van der Waals surface area contributed by atoms with Crippen molar-refractivity contribution in [2.75, 3.05) is 0 Å². The molecule has 48 valence electrons. The topological polar surface area (TPSA) is 0 Å². The van der Waals surface area contributed by atoms with Crippen LogP contribution in [0.2, 0.25) is 0 Å². The van der Waals surface area contributed by atoms with Crippen molar-refractivity contribution in [3.05, 3.63) is 10.5 Å². The Bertz CT molecular complexity index is 97.0. The molecule has 0 fully saturated rings. The van der Waals surface area contributed by atoms with E-state index < -0.39 is 0 Å². The standard InChI is InChI=1S/C7H14S/c1-5(2)7(8)6(3)4/h5,8H,1-4H3. The molecule has 0 spiro atoms. The third-order valence-corrected chi connectivity index (χ3v) is 2.02. The van der Waals surface area contributed by atoms with Crippen LogP contribution in [0.15, 0.2) is 10.5 Å². The van der Waals surface area contributed by atoms with Gasteiger partial charge in [0.25, 0.3) is 0 Å². The van der Waals surface area contributed by atoms with Crippen LogP contribution < -0.4 is 0 Å². The van der Waals surface area contributed by atoms with Crippen LogP contribution in [0.25, 0.3) is 0 Å². The molecule has 0 saturated heterocycles. The van der Waals surface area contributed by atoms with Crippen LogP contribution >= 0.6 is 12.6 Å². The zero-order valence-electron chi connectivity index (χ0n) is 6.02. The van der Waals surface area contributed by atoms with E-state index in [9.17, 15) is 0 Å². The van der Waals surface area contributed by atoms with E-state index in [1.807, 2.05) is 0 Å². The molecule has 0 bridgehead atoms. The van der Waals surface area contributed by atoms with Crippen molar-refractivity contribution < 1.29 is 0 Å². The Morgan fingerprint density at radius 1 is 1.25 bits per heavy atom. The van der Waals surface area contributed by atoms with Crippen molar-refractivity contribution in [1.29, 1.82) is 0 Å². The van der Waals surface area contributed by atoms with Gasteiger partial charge in [-0.2, -0.15) is 0 Å². The minimum atomic E-state index is 0.586. The van der Waals surface area contributed by atoms with E-state index in [1.165, 1.54) is 10.5 Å². The summed E-state index contributed by atoms with van der Waals surface area (Å²) in [5.41, 5.74) is 1.32. The van der Waals surface area contributed by atoms with Crippen LogP contribution in [0.4, 0.5) is 0 Å². The second kappa shape index (κ2) is 3.18. The average molecular weight is 130 g/mol. The highest BCUT2D eigenvalue weighted by molar-refractivity contribution is 7.84. The molecule has 0 rings (SSSR count). The van der Waals surface area contributed by atoms with Crippen molar-refractivity contribution in [3.63, 3.8) is 0 Å². The Morgan fingerprint density at radius 3 is 1.62 bits per heavy atom. The zero-order valence-corrected chi connectivity index (χ0v) is 6.92. The van der Waals surface area contributed by atoms with Gasteiger partial charge in [0.15, 0.2) is 0 Å². The SMILES string of the molecule is CC(C)=C(S)C(C)C. The summed E-state index contributed by atoms with van der Waals surface area (Å²) in [6, 6.07) is 0.